The average Bonchev–Trinajstić information content (AvgIpc) is 2.38. The van der Waals surface area contributed by atoms with Crippen molar-refractivity contribution in [2.24, 2.45) is 10.1 Å². The van der Waals surface area contributed by atoms with E-state index in [1.54, 1.807) is 20.9 Å². The summed E-state index contributed by atoms with van der Waals surface area (Å²) in [6.07, 6.45) is 0. The summed E-state index contributed by atoms with van der Waals surface area (Å²) in [4.78, 5) is 3.67. The topological polar surface area (TPSA) is 63.5 Å². The van der Waals surface area contributed by atoms with Crippen molar-refractivity contribution in [3.8, 4) is 0 Å². The van der Waals surface area contributed by atoms with Crippen LogP contribution < -0.4 is 5.01 Å². The Morgan fingerprint density at radius 3 is 2.22 bits per heavy atom. The molecule has 100 valence electrons. The van der Waals surface area contributed by atoms with Gasteiger partial charge in [-0.15, -0.1) is 0 Å². The van der Waals surface area contributed by atoms with Crippen LogP contribution in [0.3, 0.4) is 0 Å². The molecule has 0 spiro atoms. The van der Waals surface area contributed by atoms with Gasteiger partial charge >= 0.3 is 7.75 Å². The standard InChI is InChI=1S/C11H18N3O3P/c1-4-16-18(15,17-5-2)13-12-14(3)11-9-7-6-8-10-11/h6-10H,4-5H2,1-3H3. The minimum atomic E-state index is -3.48. The molecule has 0 aliphatic heterocycles. The maximum Gasteiger partial charge on any atom is 0.473 e. The SMILES string of the molecule is CCOP(=O)(N=NN(C)c1ccccc1)OCC. The Bertz CT molecular complexity index is 415. The van der Waals surface area contributed by atoms with Crippen molar-refractivity contribution in [3.05, 3.63) is 30.3 Å². The van der Waals surface area contributed by atoms with Crippen LogP contribution in [0.1, 0.15) is 13.8 Å². The third kappa shape index (κ3) is 4.56. The van der Waals surface area contributed by atoms with Crippen LogP contribution in [-0.2, 0) is 13.6 Å². The van der Waals surface area contributed by atoms with E-state index in [0.29, 0.717) is 0 Å². The van der Waals surface area contributed by atoms with Gasteiger partial charge in [0.2, 0.25) is 0 Å². The molecule has 7 heteroatoms. The van der Waals surface area contributed by atoms with Crippen LogP contribution in [0.2, 0.25) is 0 Å². The molecular formula is C11H18N3O3P. The lowest BCUT2D eigenvalue weighted by Gasteiger charge is -2.14. The summed E-state index contributed by atoms with van der Waals surface area (Å²) < 4.78 is 22.0. The Hall–Kier alpha value is -1.23. The molecule has 0 saturated heterocycles. The van der Waals surface area contributed by atoms with Gasteiger partial charge in [0.15, 0.2) is 0 Å². The predicted octanol–water partition coefficient (Wildman–Crippen LogP) is 3.67. The summed E-state index contributed by atoms with van der Waals surface area (Å²) in [5.41, 5.74) is 0.834. The molecule has 6 nitrogen and oxygen atoms in total. The highest BCUT2D eigenvalue weighted by molar-refractivity contribution is 7.52. The van der Waals surface area contributed by atoms with Gasteiger partial charge < -0.3 is 0 Å². The lowest BCUT2D eigenvalue weighted by atomic mass is 10.3. The Morgan fingerprint density at radius 1 is 1.17 bits per heavy atom. The first-order valence-corrected chi connectivity index (χ1v) is 7.22. The molecule has 0 bridgehead atoms. The summed E-state index contributed by atoms with van der Waals surface area (Å²) >= 11 is 0. The molecule has 0 atom stereocenters. The van der Waals surface area contributed by atoms with E-state index < -0.39 is 7.75 Å². The van der Waals surface area contributed by atoms with Crippen molar-refractivity contribution in [2.45, 2.75) is 13.8 Å². The Morgan fingerprint density at radius 2 is 1.72 bits per heavy atom. The molecule has 0 aliphatic rings. The second-order valence-electron chi connectivity index (χ2n) is 3.34. The minimum Gasteiger partial charge on any atom is -0.290 e. The summed E-state index contributed by atoms with van der Waals surface area (Å²) in [7, 11) is -1.77. The highest BCUT2D eigenvalue weighted by Gasteiger charge is 2.23. The summed E-state index contributed by atoms with van der Waals surface area (Å²) in [6, 6.07) is 9.40. The van der Waals surface area contributed by atoms with Gasteiger partial charge in [0.05, 0.1) is 18.9 Å². The van der Waals surface area contributed by atoms with Gasteiger partial charge in [0.25, 0.3) is 0 Å². The highest BCUT2D eigenvalue weighted by atomic mass is 31.2. The van der Waals surface area contributed by atoms with E-state index in [-0.39, 0.29) is 13.2 Å². The van der Waals surface area contributed by atoms with Crippen LogP contribution in [0, 0.1) is 0 Å². The fraction of sp³-hybridized carbons (Fsp3) is 0.455. The van der Waals surface area contributed by atoms with E-state index in [4.69, 9.17) is 9.05 Å². The van der Waals surface area contributed by atoms with Gasteiger partial charge in [0, 0.05) is 7.05 Å². The zero-order valence-corrected chi connectivity index (χ0v) is 11.7. The molecule has 0 aliphatic carbocycles. The van der Waals surface area contributed by atoms with Crippen molar-refractivity contribution in [1.29, 1.82) is 0 Å². The van der Waals surface area contributed by atoms with E-state index in [1.807, 2.05) is 30.3 Å². The third-order valence-electron chi connectivity index (χ3n) is 2.00. The molecule has 0 amide bonds. The van der Waals surface area contributed by atoms with Gasteiger partial charge in [-0.25, -0.2) is 9.57 Å². The van der Waals surface area contributed by atoms with E-state index in [2.05, 4.69) is 10.1 Å². The average molecular weight is 271 g/mol. The number of anilines is 1. The first kappa shape index (κ1) is 14.8. The van der Waals surface area contributed by atoms with E-state index in [1.165, 1.54) is 5.01 Å². The number of hydrogen-bond acceptors (Lipinski definition) is 4. The quantitative estimate of drug-likeness (QED) is 0.431. The monoisotopic (exact) mass is 271 g/mol. The molecule has 0 unspecified atom stereocenters. The second-order valence-corrected chi connectivity index (χ2v) is 4.97. The van der Waals surface area contributed by atoms with Crippen LogP contribution >= 0.6 is 7.75 Å². The lowest BCUT2D eigenvalue weighted by molar-refractivity contribution is 0.219. The predicted molar refractivity (Wildman–Crippen MR) is 70.6 cm³/mol. The van der Waals surface area contributed by atoms with Gasteiger partial charge in [-0.3, -0.25) is 9.05 Å². The van der Waals surface area contributed by atoms with Crippen LogP contribution in [0.15, 0.2) is 40.4 Å². The fourth-order valence-electron chi connectivity index (χ4n) is 1.22. The van der Waals surface area contributed by atoms with Crippen molar-refractivity contribution < 1.29 is 13.6 Å². The summed E-state index contributed by atoms with van der Waals surface area (Å²) in [5, 5.41) is 5.35. The Balaban J connectivity index is 2.75. The van der Waals surface area contributed by atoms with Crippen LogP contribution in [0.5, 0.6) is 0 Å². The maximum absolute atomic E-state index is 12.0. The Labute approximate surface area is 107 Å². The lowest BCUT2D eigenvalue weighted by Crippen LogP contribution is -2.07. The molecular weight excluding hydrogens is 253 g/mol. The molecule has 0 N–H and O–H groups in total. The van der Waals surface area contributed by atoms with Gasteiger partial charge in [-0.05, 0) is 26.0 Å². The van der Waals surface area contributed by atoms with Crippen LogP contribution in [-0.4, -0.2) is 20.3 Å². The largest absolute Gasteiger partial charge is 0.473 e. The third-order valence-corrected chi connectivity index (χ3v) is 3.47. The molecule has 18 heavy (non-hydrogen) atoms. The maximum atomic E-state index is 12.0. The number of benzene rings is 1. The van der Waals surface area contributed by atoms with Crippen LogP contribution in [0.25, 0.3) is 0 Å². The smallest absolute Gasteiger partial charge is 0.290 e. The molecule has 0 fully saturated rings. The summed E-state index contributed by atoms with van der Waals surface area (Å²) in [6.45, 7) is 3.96. The first-order chi connectivity index (χ1) is 8.61. The first-order valence-electron chi connectivity index (χ1n) is 5.72. The normalized spacial score (nSPS) is 11.9. The van der Waals surface area contributed by atoms with Crippen LogP contribution in [0.4, 0.5) is 5.69 Å². The highest BCUT2D eigenvalue weighted by Crippen LogP contribution is 2.50. The number of para-hydroxylation sites is 1. The number of nitrogens with zero attached hydrogens (tertiary/aromatic N) is 3. The molecule has 0 radical (unpaired) electrons. The number of hydrogen-bond donors (Lipinski definition) is 0. The molecule has 1 aromatic rings. The molecule has 0 heterocycles. The zero-order valence-electron chi connectivity index (χ0n) is 10.8. The van der Waals surface area contributed by atoms with Crippen molar-refractivity contribution in [3.63, 3.8) is 0 Å². The molecule has 1 aromatic carbocycles. The fourth-order valence-corrected chi connectivity index (χ4v) is 2.27. The van der Waals surface area contributed by atoms with E-state index >= 15 is 0 Å². The molecule has 1 rings (SSSR count). The van der Waals surface area contributed by atoms with Gasteiger partial charge in [0.1, 0.15) is 0 Å². The summed E-state index contributed by atoms with van der Waals surface area (Å²) in [5.74, 6) is 0. The van der Waals surface area contributed by atoms with E-state index in [9.17, 15) is 4.57 Å². The molecule has 0 aromatic heterocycles. The van der Waals surface area contributed by atoms with Crippen molar-refractivity contribution in [2.75, 3.05) is 25.3 Å². The number of rotatable bonds is 7. The second kappa shape index (κ2) is 7.26. The molecule has 0 saturated carbocycles. The van der Waals surface area contributed by atoms with E-state index in [0.717, 1.165) is 5.69 Å². The van der Waals surface area contributed by atoms with Crippen molar-refractivity contribution >= 4 is 13.4 Å². The van der Waals surface area contributed by atoms with Crippen molar-refractivity contribution in [1.82, 2.24) is 0 Å². The Kier molecular flexibility index (Phi) is 5.98. The minimum absolute atomic E-state index is 0.255. The zero-order chi connectivity index (χ0) is 13.4. The van der Waals surface area contributed by atoms with Gasteiger partial charge in [-0.1, -0.05) is 28.3 Å². The van der Waals surface area contributed by atoms with Gasteiger partial charge in [-0.2, -0.15) is 0 Å².